The molecule has 8 heteroatoms. The van der Waals surface area contributed by atoms with Gasteiger partial charge in [0.15, 0.2) is 4.34 Å². The molecule has 1 aromatic carbocycles. The van der Waals surface area contributed by atoms with Crippen LogP contribution in [0.5, 0.6) is 0 Å². The molecule has 0 aliphatic rings. The number of carbonyl (C=O) groups excluding carboxylic acids is 1. The van der Waals surface area contributed by atoms with Gasteiger partial charge >= 0.3 is 0 Å². The summed E-state index contributed by atoms with van der Waals surface area (Å²) in [5.41, 5.74) is 1.27. The maximum atomic E-state index is 12.0. The van der Waals surface area contributed by atoms with Crippen molar-refractivity contribution in [3.8, 4) is 0 Å². The summed E-state index contributed by atoms with van der Waals surface area (Å²) < 4.78 is 0.899. The Kier molecular flexibility index (Phi) is 4.42. The smallest absolute Gasteiger partial charge is 0.299 e. The maximum absolute atomic E-state index is 12.0. The molecule has 0 saturated heterocycles. The lowest BCUT2D eigenvalue weighted by Gasteiger charge is -2.07. The Morgan fingerprint density at radius 1 is 1.45 bits per heavy atom. The van der Waals surface area contributed by atoms with E-state index in [-0.39, 0.29) is 14.9 Å². The summed E-state index contributed by atoms with van der Waals surface area (Å²) in [4.78, 5) is 22.3. The molecule has 1 N–H and O–H groups in total. The Morgan fingerprint density at radius 3 is 2.70 bits per heavy atom. The van der Waals surface area contributed by atoms with Crippen LogP contribution in [0.2, 0.25) is 4.34 Å². The first-order valence-electron chi connectivity index (χ1n) is 5.39. The van der Waals surface area contributed by atoms with Crippen LogP contribution >= 0.6 is 38.9 Å². The normalized spacial score (nSPS) is 10.3. The second kappa shape index (κ2) is 5.90. The van der Waals surface area contributed by atoms with Gasteiger partial charge in [-0.2, -0.15) is 0 Å². The minimum absolute atomic E-state index is 0.00678. The molecule has 104 valence electrons. The molecule has 1 heterocycles. The second-order valence-corrected chi connectivity index (χ2v) is 6.51. The fraction of sp³-hybridized carbons (Fsp3) is 0.0833. The molecule has 0 spiro atoms. The number of carbonyl (C=O) groups is 1. The monoisotopic (exact) mass is 374 g/mol. The summed E-state index contributed by atoms with van der Waals surface area (Å²) >= 11 is 9.94. The van der Waals surface area contributed by atoms with Crippen molar-refractivity contribution in [2.45, 2.75) is 6.92 Å². The summed E-state index contributed by atoms with van der Waals surface area (Å²) in [7, 11) is 0. The van der Waals surface area contributed by atoms with Gasteiger partial charge in [0.25, 0.3) is 11.6 Å². The number of anilines is 1. The zero-order chi connectivity index (χ0) is 14.9. The summed E-state index contributed by atoms with van der Waals surface area (Å²) in [6, 6.07) is 6.59. The Morgan fingerprint density at radius 2 is 2.15 bits per heavy atom. The van der Waals surface area contributed by atoms with Gasteiger partial charge in [-0.05, 0) is 30.7 Å². The van der Waals surface area contributed by atoms with E-state index in [0.717, 1.165) is 21.4 Å². The molecule has 2 aromatic rings. The Bertz CT molecular complexity index is 702. The van der Waals surface area contributed by atoms with E-state index >= 15 is 0 Å². The first kappa shape index (κ1) is 15.0. The average Bonchev–Trinajstić information content (AvgIpc) is 2.75. The van der Waals surface area contributed by atoms with Gasteiger partial charge in [0, 0.05) is 16.2 Å². The van der Waals surface area contributed by atoms with Crippen LogP contribution in [0.15, 0.2) is 28.7 Å². The van der Waals surface area contributed by atoms with Crippen molar-refractivity contribution >= 4 is 56.1 Å². The second-order valence-electron chi connectivity index (χ2n) is 3.94. The van der Waals surface area contributed by atoms with E-state index < -0.39 is 10.8 Å². The van der Waals surface area contributed by atoms with Gasteiger partial charge in [0.2, 0.25) is 0 Å². The number of nitrogens with zero attached hydrogens (tertiary/aromatic N) is 1. The van der Waals surface area contributed by atoms with E-state index in [0.29, 0.717) is 5.69 Å². The average molecular weight is 376 g/mol. The van der Waals surface area contributed by atoms with Crippen LogP contribution in [0, 0.1) is 17.0 Å². The summed E-state index contributed by atoms with van der Waals surface area (Å²) in [6.07, 6.45) is 0. The van der Waals surface area contributed by atoms with Crippen molar-refractivity contribution in [2.75, 3.05) is 5.32 Å². The van der Waals surface area contributed by atoms with Crippen LogP contribution < -0.4 is 5.32 Å². The number of nitrogens with one attached hydrogen (secondary N) is 1. The van der Waals surface area contributed by atoms with Gasteiger partial charge in [0.1, 0.15) is 4.88 Å². The van der Waals surface area contributed by atoms with E-state index in [4.69, 9.17) is 11.6 Å². The molecule has 0 unspecified atom stereocenters. The molecule has 0 aliphatic heterocycles. The zero-order valence-electron chi connectivity index (χ0n) is 10.1. The highest BCUT2D eigenvalue weighted by Crippen LogP contribution is 2.34. The van der Waals surface area contributed by atoms with E-state index in [9.17, 15) is 14.9 Å². The number of halogens is 2. The number of aryl methyl sites for hydroxylation is 1. The first-order valence-corrected chi connectivity index (χ1v) is 7.38. The fourth-order valence-corrected chi connectivity index (χ4v) is 3.14. The van der Waals surface area contributed by atoms with E-state index in [1.54, 1.807) is 12.1 Å². The highest BCUT2D eigenvalue weighted by molar-refractivity contribution is 9.10. The molecular weight excluding hydrogens is 368 g/mol. The third-order valence-electron chi connectivity index (χ3n) is 2.53. The third-order valence-corrected chi connectivity index (χ3v) is 4.36. The molecule has 0 bridgehead atoms. The van der Waals surface area contributed by atoms with Crippen molar-refractivity contribution in [3.63, 3.8) is 0 Å². The lowest BCUT2D eigenvalue weighted by atomic mass is 10.2. The van der Waals surface area contributed by atoms with E-state index in [2.05, 4.69) is 21.2 Å². The lowest BCUT2D eigenvalue weighted by Crippen LogP contribution is -2.11. The molecule has 0 radical (unpaired) electrons. The summed E-state index contributed by atoms with van der Waals surface area (Å²) in [6.45, 7) is 1.85. The molecule has 0 atom stereocenters. The Hall–Kier alpha value is -1.44. The predicted octanol–water partition coefficient (Wildman–Crippen LogP) is 4.63. The van der Waals surface area contributed by atoms with Crippen LogP contribution in [0.1, 0.15) is 15.2 Å². The number of amides is 1. The molecule has 5 nitrogen and oxygen atoms in total. The summed E-state index contributed by atoms with van der Waals surface area (Å²) in [5, 5.41) is 13.4. The Labute approximate surface area is 131 Å². The number of thiophene rings is 1. The van der Waals surface area contributed by atoms with Crippen molar-refractivity contribution in [1.29, 1.82) is 0 Å². The predicted molar refractivity (Wildman–Crippen MR) is 82.8 cm³/mol. The molecule has 0 fully saturated rings. The van der Waals surface area contributed by atoms with Gasteiger partial charge in [-0.3, -0.25) is 14.9 Å². The summed E-state index contributed by atoms with van der Waals surface area (Å²) in [5.74, 6) is -0.421. The minimum Gasteiger partial charge on any atom is -0.321 e. The standard InChI is InChI=1S/C12H8BrClN2O3S/c1-6-4-7(13)2-3-8(6)15-12(17)10-5-9(16(18)19)11(14)20-10/h2-5H,1H3,(H,15,17). The lowest BCUT2D eigenvalue weighted by molar-refractivity contribution is -0.384. The quantitative estimate of drug-likeness (QED) is 0.628. The fourth-order valence-electron chi connectivity index (χ4n) is 1.55. The van der Waals surface area contributed by atoms with Gasteiger partial charge in [-0.15, -0.1) is 11.3 Å². The molecule has 0 saturated carbocycles. The molecular formula is C12H8BrClN2O3S. The SMILES string of the molecule is Cc1cc(Br)ccc1NC(=O)c1cc([N+](=O)[O-])c(Cl)s1. The highest BCUT2D eigenvalue weighted by Gasteiger charge is 2.21. The van der Waals surface area contributed by atoms with Crippen molar-refractivity contribution in [1.82, 2.24) is 0 Å². The molecule has 1 aromatic heterocycles. The van der Waals surface area contributed by atoms with Crippen LogP contribution in [0.25, 0.3) is 0 Å². The van der Waals surface area contributed by atoms with E-state index in [1.165, 1.54) is 6.07 Å². The van der Waals surface area contributed by atoms with Crippen molar-refractivity contribution in [3.05, 3.63) is 53.6 Å². The van der Waals surface area contributed by atoms with Gasteiger partial charge in [-0.25, -0.2) is 0 Å². The Balaban J connectivity index is 2.24. The largest absolute Gasteiger partial charge is 0.321 e. The number of hydrogen-bond donors (Lipinski definition) is 1. The first-order chi connectivity index (χ1) is 9.38. The van der Waals surface area contributed by atoms with Gasteiger partial charge in [-0.1, -0.05) is 27.5 Å². The minimum atomic E-state index is -0.611. The highest BCUT2D eigenvalue weighted by atomic mass is 79.9. The van der Waals surface area contributed by atoms with Crippen LogP contribution in [-0.4, -0.2) is 10.8 Å². The van der Waals surface area contributed by atoms with Gasteiger partial charge < -0.3 is 5.32 Å². The number of hydrogen-bond acceptors (Lipinski definition) is 4. The number of benzene rings is 1. The van der Waals surface area contributed by atoms with Gasteiger partial charge in [0.05, 0.1) is 4.92 Å². The molecule has 2 rings (SSSR count). The molecule has 1 amide bonds. The maximum Gasteiger partial charge on any atom is 0.299 e. The zero-order valence-corrected chi connectivity index (χ0v) is 13.3. The van der Waals surface area contributed by atoms with Crippen LogP contribution in [0.3, 0.4) is 0 Å². The molecule has 20 heavy (non-hydrogen) atoms. The van der Waals surface area contributed by atoms with Crippen LogP contribution in [-0.2, 0) is 0 Å². The number of rotatable bonds is 3. The topological polar surface area (TPSA) is 72.2 Å². The van der Waals surface area contributed by atoms with Crippen molar-refractivity contribution < 1.29 is 9.72 Å². The van der Waals surface area contributed by atoms with Crippen LogP contribution in [0.4, 0.5) is 11.4 Å². The number of nitro groups is 1. The molecule has 0 aliphatic carbocycles. The third kappa shape index (κ3) is 3.17. The van der Waals surface area contributed by atoms with E-state index in [1.807, 2.05) is 13.0 Å². The van der Waals surface area contributed by atoms with Crippen molar-refractivity contribution in [2.24, 2.45) is 0 Å².